The molecule has 148 valence electrons. The van der Waals surface area contributed by atoms with E-state index in [1.807, 2.05) is 18.2 Å². The number of aliphatic hydroxyl groups is 1. The van der Waals surface area contributed by atoms with E-state index >= 15 is 0 Å². The summed E-state index contributed by atoms with van der Waals surface area (Å²) in [4.78, 5) is 11.0. The molecule has 1 fully saturated rings. The van der Waals surface area contributed by atoms with Crippen LogP contribution < -0.4 is 5.32 Å². The summed E-state index contributed by atoms with van der Waals surface area (Å²) >= 11 is 1.79. The predicted octanol–water partition coefficient (Wildman–Crippen LogP) is 5.83. The molecule has 4 rings (SSSR count). The lowest BCUT2D eigenvalue weighted by Gasteiger charge is -2.26. The van der Waals surface area contributed by atoms with Gasteiger partial charge in [-0.2, -0.15) is 0 Å². The second-order valence-electron chi connectivity index (χ2n) is 8.12. The van der Waals surface area contributed by atoms with Gasteiger partial charge in [0.25, 0.3) is 0 Å². The van der Waals surface area contributed by atoms with Gasteiger partial charge in [-0.25, -0.2) is 9.98 Å². The molecule has 1 atom stereocenters. The molecule has 2 heterocycles. The number of hydrogen-bond acceptors (Lipinski definition) is 5. The minimum absolute atomic E-state index is 0.134. The molecule has 0 bridgehead atoms. The molecule has 4 nitrogen and oxygen atoms in total. The van der Waals surface area contributed by atoms with Crippen molar-refractivity contribution in [3.8, 4) is 0 Å². The normalized spacial score (nSPS) is 26.5. The third kappa shape index (κ3) is 4.76. The Bertz CT molecular complexity index is 859. The number of anilines is 1. The van der Waals surface area contributed by atoms with Crippen LogP contribution in [0.25, 0.3) is 0 Å². The molecule has 0 amide bonds. The van der Waals surface area contributed by atoms with Crippen molar-refractivity contribution in [2.75, 3.05) is 5.32 Å². The maximum atomic E-state index is 9.68. The maximum Gasteiger partial charge on any atom is 0.155 e. The topological polar surface area (TPSA) is 57.5 Å². The van der Waals surface area contributed by atoms with Crippen LogP contribution in [0.4, 0.5) is 11.6 Å². The molecular formula is C23H29N3OS. The first kappa shape index (κ1) is 19.5. The van der Waals surface area contributed by atoms with Gasteiger partial charge in [0.1, 0.15) is 5.82 Å². The van der Waals surface area contributed by atoms with Crippen molar-refractivity contribution >= 4 is 28.4 Å². The van der Waals surface area contributed by atoms with E-state index in [2.05, 4.69) is 37.4 Å². The van der Waals surface area contributed by atoms with Crippen LogP contribution >= 0.6 is 11.8 Å². The first-order valence-electron chi connectivity index (χ1n) is 10.3. The Labute approximate surface area is 171 Å². The molecule has 5 heteroatoms. The SMILES string of the molecule is Cc1ccc2c(c1)SC(=Nc1cccc(NC3CCC(O)CC3)n1)CCC2C. The van der Waals surface area contributed by atoms with E-state index in [9.17, 15) is 5.11 Å². The molecule has 1 aliphatic carbocycles. The number of fused-ring (bicyclic) bond motifs is 1. The highest BCUT2D eigenvalue weighted by atomic mass is 32.2. The van der Waals surface area contributed by atoms with Crippen LogP contribution in [0.3, 0.4) is 0 Å². The monoisotopic (exact) mass is 395 g/mol. The van der Waals surface area contributed by atoms with Crippen LogP contribution in [0.15, 0.2) is 46.3 Å². The number of hydrogen-bond donors (Lipinski definition) is 2. The number of rotatable bonds is 3. The van der Waals surface area contributed by atoms with E-state index in [1.54, 1.807) is 11.8 Å². The first-order chi connectivity index (χ1) is 13.6. The van der Waals surface area contributed by atoms with Gasteiger partial charge in [-0.15, -0.1) is 0 Å². The lowest BCUT2D eigenvalue weighted by Crippen LogP contribution is -2.28. The zero-order valence-electron chi connectivity index (χ0n) is 16.7. The summed E-state index contributed by atoms with van der Waals surface area (Å²) in [5.41, 5.74) is 2.73. The van der Waals surface area contributed by atoms with Gasteiger partial charge < -0.3 is 10.4 Å². The molecule has 1 unspecified atom stereocenters. The van der Waals surface area contributed by atoms with Gasteiger partial charge in [0.15, 0.2) is 5.82 Å². The Kier molecular flexibility index (Phi) is 6.02. The average Bonchev–Trinajstić information content (AvgIpc) is 2.82. The van der Waals surface area contributed by atoms with E-state index < -0.39 is 0 Å². The zero-order chi connectivity index (χ0) is 19.5. The van der Waals surface area contributed by atoms with Crippen LogP contribution in [0, 0.1) is 6.92 Å². The van der Waals surface area contributed by atoms with Crippen LogP contribution in [-0.2, 0) is 0 Å². The summed E-state index contributed by atoms with van der Waals surface area (Å²) in [5.74, 6) is 2.21. The van der Waals surface area contributed by atoms with Gasteiger partial charge in [0, 0.05) is 10.9 Å². The van der Waals surface area contributed by atoms with E-state index in [0.29, 0.717) is 12.0 Å². The molecule has 2 N–H and O–H groups in total. The van der Waals surface area contributed by atoms with Crippen molar-refractivity contribution in [1.29, 1.82) is 0 Å². The van der Waals surface area contributed by atoms with E-state index in [0.717, 1.165) is 55.2 Å². The Morgan fingerprint density at radius 1 is 1.11 bits per heavy atom. The van der Waals surface area contributed by atoms with Crippen LogP contribution in [0.5, 0.6) is 0 Å². The maximum absolute atomic E-state index is 9.68. The molecular weight excluding hydrogens is 366 g/mol. The average molecular weight is 396 g/mol. The Balaban J connectivity index is 1.51. The number of nitrogens with zero attached hydrogens (tertiary/aromatic N) is 2. The van der Waals surface area contributed by atoms with Gasteiger partial charge >= 0.3 is 0 Å². The molecule has 0 spiro atoms. The Morgan fingerprint density at radius 2 is 1.93 bits per heavy atom. The molecule has 2 aromatic rings. The Morgan fingerprint density at radius 3 is 2.75 bits per heavy atom. The van der Waals surface area contributed by atoms with Crippen LogP contribution in [0.2, 0.25) is 0 Å². The lowest BCUT2D eigenvalue weighted by molar-refractivity contribution is 0.126. The van der Waals surface area contributed by atoms with Gasteiger partial charge in [-0.3, -0.25) is 0 Å². The summed E-state index contributed by atoms with van der Waals surface area (Å²) in [6.45, 7) is 4.45. The van der Waals surface area contributed by atoms with Gasteiger partial charge in [0.2, 0.25) is 0 Å². The fourth-order valence-corrected chi connectivity index (χ4v) is 5.26. The van der Waals surface area contributed by atoms with Crippen molar-refractivity contribution < 1.29 is 5.11 Å². The zero-order valence-corrected chi connectivity index (χ0v) is 17.5. The van der Waals surface area contributed by atoms with E-state index in [4.69, 9.17) is 9.98 Å². The Hall–Kier alpha value is -1.85. The highest BCUT2D eigenvalue weighted by Crippen LogP contribution is 2.38. The lowest BCUT2D eigenvalue weighted by atomic mass is 9.93. The van der Waals surface area contributed by atoms with Crippen molar-refractivity contribution in [2.45, 2.75) is 75.3 Å². The number of aliphatic hydroxyl groups excluding tert-OH is 1. The quantitative estimate of drug-likeness (QED) is 0.687. The molecule has 28 heavy (non-hydrogen) atoms. The van der Waals surface area contributed by atoms with Gasteiger partial charge in [-0.05, 0) is 80.7 Å². The molecule has 0 saturated heterocycles. The second-order valence-corrected chi connectivity index (χ2v) is 9.23. The summed E-state index contributed by atoms with van der Waals surface area (Å²) in [6, 6.07) is 13.2. The fourth-order valence-electron chi connectivity index (χ4n) is 4.01. The van der Waals surface area contributed by atoms with Crippen LogP contribution in [0.1, 0.15) is 62.5 Å². The molecule has 1 aliphatic heterocycles. The minimum Gasteiger partial charge on any atom is -0.393 e. The minimum atomic E-state index is -0.134. The van der Waals surface area contributed by atoms with Crippen molar-refractivity contribution in [3.05, 3.63) is 47.5 Å². The largest absolute Gasteiger partial charge is 0.393 e. The predicted molar refractivity (Wildman–Crippen MR) is 118 cm³/mol. The number of pyridine rings is 1. The third-order valence-electron chi connectivity index (χ3n) is 5.74. The third-order valence-corrected chi connectivity index (χ3v) is 6.85. The number of nitrogens with one attached hydrogen (secondary N) is 1. The van der Waals surface area contributed by atoms with Crippen molar-refractivity contribution in [3.63, 3.8) is 0 Å². The summed E-state index contributed by atoms with van der Waals surface area (Å²) < 4.78 is 0. The summed E-state index contributed by atoms with van der Waals surface area (Å²) in [6.07, 6.45) is 5.69. The van der Waals surface area contributed by atoms with Crippen molar-refractivity contribution in [1.82, 2.24) is 4.98 Å². The summed E-state index contributed by atoms with van der Waals surface area (Å²) in [7, 11) is 0. The molecule has 1 aromatic heterocycles. The number of aliphatic imine (C=N–C) groups is 1. The number of aromatic nitrogens is 1. The van der Waals surface area contributed by atoms with Crippen LogP contribution in [-0.4, -0.2) is 27.3 Å². The number of benzene rings is 1. The van der Waals surface area contributed by atoms with Crippen molar-refractivity contribution in [2.24, 2.45) is 4.99 Å². The first-order valence-corrected chi connectivity index (χ1v) is 11.2. The van der Waals surface area contributed by atoms with E-state index in [-0.39, 0.29) is 6.10 Å². The van der Waals surface area contributed by atoms with Gasteiger partial charge in [0.05, 0.1) is 11.1 Å². The fraction of sp³-hybridized carbons (Fsp3) is 0.478. The summed E-state index contributed by atoms with van der Waals surface area (Å²) in [5, 5.41) is 14.3. The number of aryl methyl sites for hydroxylation is 1. The second kappa shape index (κ2) is 8.66. The molecule has 2 aliphatic rings. The molecule has 1 saturated carbocycles. The number of thioether (sulfide) groups is 1. The molecule has 0 radical (unpaired) electrons. The smallest absolute Gasteiger partial charge is 0.155 e. The van der Waals surface area contributed by atoms with E-state index in [1.165, 1.54) is 16.0 Å². The van der Waals surface area contributed by atoms with Gasteiger partial charge in [-0.1, -0.05) is 36.9 Å². The highest BCUT2D eigenvalue weighted by Gasteiger charge is 2.20. The highest BCUT2D eigenvalue weighted by molar-refractivity contribution is 8.14. The molecule has 1 aromatic carbocycles. The standard InChI is InChI=1S/C23H29N3OS/c1-15-6-12-19-16(2)7-13-23(28-20(19)14-15)26-22-5-3-4-21(25-22)24-17-8-10-18(27)11-9-17/h3-6,12,14,16-18,27H,7-11,13H2,1-2H3,(H,24,25).